The van der Waals surface area contributed by atoms with Crippen molar-refractivity contribution in [1.29, 1.82) is 0 Å². The third-order valence-corrected chi connectivity index (χ3v) is 4.44. The molecule has 1 aliphatic carbocycles. The van der Waals surface area contributed by atoms with E-state index in [-0.39, 0.29) is 12.1 Å². The molecule has 1 N–H and O–H groups in total. The molecule has 3 nitrogen and oxygen atoms in total. The maximum absolute atomic E-state index is 12.0. The lowest BCUT2D eigenvalue weighted by atomic mass is 10.0. The van der Waals surface area contributed by atoms with Crippen LogP contribution in [0, 0.1) is 0 Å². The zero-order chi connectivity index (χ0) is 11.1. The zero-order valence-electron chi connectivity index (χ0n) is 9.40. The lowest BCUT2D eigenvalue weighted by molar-refractivity contribution is 0.175. The van der Waals surface area contributed by atoms with Crippen LogP contribution in [0.5, 0.6) is 0 Å². The smallest absolute Gasteiger partial charge is 0.318 e. The van der Waals surface area contributed by atoms with E-state index in [1.54, 1.807) is 0 Å². The summed E-state index contributed by atoms with van der Waals surface area (Å²) in [6, 6.07) is 2.95. The van der Waals surface area contributed by atoms with Gasteiger partial charge >= 0.3 is 6.03 Å². The minimum Gasteiger partial charge on any atom is -0.335 e. The molecule has 0 aromatic carbocycles. The Balaban J connectivity index is 1.75. The summed E-state index contributed by atoms with van der Waals surface area (Å²) >= 11 is 1.81. The van der Waals surface area contributed by atoms with Gasteiger partial charge in [0.05, 0.1) is 6.04 Å². The molecule has 2 aliphatic rings. The van der Waals surface area contributed by atoms with E-state index >= 15 is 0 Å². The van der Waals surface area contributed by atoms with Crippen LogP contribution < -0.4 is 5.32 Å². The van der Waals surface area contributed by atoms with E-state index in [0.29, 0.717) is 6.04 Å². The first kappa shape index (κ1) is 10.1. The van der Waals surface area contributed by atoms with Crippen LogP contribution >= 0.6 is 11.3 Å². The molecule has 0 bridgehead atoms. The van der Waals surface area contributed by atoms with Crippen LogP contribution in [0.15, 0.2) is 11.4 Å². The van der Waals surface area contributed by atoms with E-state index in [0.717, 1.165) is 25.8 Å². The zero-order valence-corrected chi connectivity index (χ0v) is 10.2. The molecule has 0 radical (unpaired) electrons. The van der Waals surface area contributed by atoms with E-state index in [1.165, 1.54) is 10.4 Å². The molecule has 2 amide bonds. The Labute approximate surface area is 99.5 Å². The Hall–Kier alpha value is -1.03. The van der Waals surface area contributed by atoms with Crippen molar-refractivity contribution in [3.63, 3.8) is 0 Å². The van der Waals surface area contributed by atoms with Crippen molar-refractivity contribution in [1.82, 2.24) is 10.2 Å². The third kappa shape index (κ3) is 1.71. The predicted octanol–water partition coefficient (Wildman–Crippen LogP) is 2.54. The highest BCUT2D eigenvalue weighted by Gasteiger charge is 2.31. The van der Waals surface area contributed by atoms with Crippen molar-refractivity contribution < 1.29 is 4.79 Å². The molecule has 2 heterocycles. The fourth-order valence-corrected chi connectivity index (χ4v) is 3.23. The Morgan fingerprint density at radius 2 is 2.38 bits per heavy atom. The monoisotopic (exact) mass is 236 g/mol. The van der Waals surface area contributed by atoms with Crippen LogP contribution in [0.4, 0.5) is 4.79 Å². The van der Waals surface area contributed by atoms with Gasteiger partial charge in [-0.1, -0.05) is 0 Å². The van der Waals surface area contributed by atoms with E-state index in [9.17, 15) is 4.79 Å². The van der Waals surface area contributed by atoms with Crippen LogP contribution in [-0.2, 0) is 6.42 Å². The van der Waals surface area contributed by atoms with Crippen molar-refractivity contribution in [3.8, 4) is 0 Å². The quantitative estimate of drug-likeness (QED) is 0.798. The van der Waals surface area contributed by atoms with Gasteiger partial charge in [-0.25, -0.2) is 4.79 Å². The number of urea groups is 1. The Morgan fingerprint density at radius 1 is 1.56 bits per heavy atom. The lowest BCUT2D eigenvalue weighted by Crippen LogP contribution is -2.45. The van der Waals surface area contributed by atoms with E-state index in [1.807, 2.05) is 16.2 Å². The molecule has 1 atom stereocenters. The molecule has 4 heteroatoms. The number of hydrogen-bond acceptors (Lipinski definition) is 2. The average Bonchev–Trinajstić information content (AvgIpc) is 2.94. The second-order valence-corrected chi connectivity index (χ2v) is 5.64. The Morgan fingerprint density at radius 3 is 3.12 bits per heavy atom. The summed E-state index contributed by atoms with van der Waals surface area (Å²) in [6.45, 7) is 2.98. The number of nitrogens with zero attached hydrogens (tertiary/aromatic N) is 1. The minimum absolute atomic E-state index is 0.117. The summed E-state index contributed by atoms with van der Waals surface area (Å²) in [5.41, 5.74) is 1.34. The molecule has 3 rings (SSSR count). The maximum Gasteiger partial charge on any atom is 0.318 e. The normalized spacial score (nSPS) is 24.1. The van der Waals surface area contributed by atoms with Gasteiger partial charge in [-0.3, -0.25) is 0 Å². The first-order valence-electron chi connectivity index (χ1n) is 5.89. The van der Waals surface area contributed by atoms with Crippen LogP contribution in [0.25, 0.3) is 0 Å². The highest BCUT2D eigenvalue weighted by Crippen LogP contribution is 2.33. The fourth-order valence-electron chi connectivity index (χ4n) is 2.27. The number of nitrogens with one attached hydrogen (secondary N) is 1. The first-order chi connectivity index (χ1) is 7.75. The van der Waals surface area contributed by atoms with Crippen LogP contribution in [0.2, 0.25) is 0 Å². The summed E-state index contributed by atoms with van der Waals surface area (Å²) in [7, 11) is 0. The number of carbonyl (C=O) groups is 1. The second kappa shape index (κ2) is 3.77. The molecular formula is C12H16N2OS. The summed E-state index contributed by atoms with van der Waals surface area (Å²) in [4.78, 5) is 15.4. The van der Waals surface area contributed by atoms with Crippen molar-refractivity contribution in [2.75, 3.05) is 6.54 Å². The molecule has 1 aromatic heterocycles. The van der Waals surface area contributed by atoms with Gasteiger partial charge in [0.25, 0.3) is 0 Å². The number of thiophene rings is 1. The van der Waals surface area contributed by atoms with Gasteiger partial charge in [0.15, 0.2) is 0 Å². The molecule has 0 spiro atoms. The van der Waals surface area contributed by atoms with Crippen LogP contribution in [-0.4, -0.2) is 23.5 Å². The van der Waals surface area contributed by atoms with Gasteiger partial charge in [-0.15, -0.1) is 11.3 Å². The highest BCUT2D eigenvalue weighted by atomic mass is 32.1. The van der Waals surface area contributed by atoms with Gasteiger partial charge < -0.3 is 10.2 Å². The first-order valence-corrected chi connectivity index (χ1v) is 6.77. The van der Waals surface area contributed by atoms with E-state index in [4.69, 9.17) is 0 Å². The van der Waals surface area contributed by atoms with Gasteiger partial charge in [0.1, 0.15) is 0 Å². The van der Waals surface area contributed by atoms with Crippen molar-refractivity contribution in [2.45, 2.75) is 38.3 Å². The number of carbonyl (C=O) groups excluding carboxylic acids is 1. The number of hydrogen-bond donors (Lipinski definition) is 1. The number of amides is 2. The van der Waals surface area contributed by atoms with Crippen LogP contribution in [0.3, 0.4) is 0 Å². The van der Waals surface area contributed by atoms with Crippen molar-refractivity contribution in [3.05, 3.63) is 21.9 Å². The molecule has 1 aliphatic heterocycles. The van der Waals surface area contributed by atoms with Gasteiger partial charge in [-0.05, 0) is 43.2 Å². The minimum atomic E-state index is 0.117. The molecule has 1 unspecified atom stereocenters. The summed E-state index contributed by atoms with van der Waals surface area (Å²) in [5.74, 6) is 0. The standard InChI is InChI=1S/C12H16N2OS/c1-8-10-5-7-16-11(10)4-6-14(8)12(15)13-9-2-3-9/h5,7-9H,2-4,6H2,1H3,(H,13,15). The van der Waals surface area contributed by atoms with Crippen LogP contribution in [0.1, 0.15) is 36.2 Å². The molecule has 1 aromatic rings. The number of fused-ring (bicyclic) bond motifs is 1. The van der Waals surface area contributed by atoms with E-state index in [2.05, 4.69) is 23.7 Å². The van der Waals surface area contributed by atoms with E-state index < -0.39 is 0 Å². The molecule has 0 saturated heterocycles. The highest BCUT2D eigenvalue weighted by molar-refractivity contribution is 7.10. The molecule has 16 heavy (non-hydrogen) atoms. The second-order valence-electron chi connectivity index (χ2n) is 4.64. The summed E-state index contributed by atoms with van der Waals surface area (Å²) < 4.78 is 0. The topological polar surface area (TPSA) is 32.3 Å². The van der Waals surface area contributed by atoms with Gasteiger partial charge in [0.2, 0.25) is 0 Å². The molecule has 86 valence electrons. The summed E-state index contributed by atoms with van der Waals surface area (Å²) in [5, 5.41) is 5.20. The molecule has 1 saturated carbocycles. The average molecular weight is 236 g/mol. The fraction of sp³-hybridized carbons (Fsp3) is 0.583. The van der Waals surface area contributed by atoms with Gasteiger partial charge in [0, 0.05) is 17.5 Å². The Kier molecular flexibility index (Phi) is 2.39. The third-order valence-electron chi connectivity index (χ3n) is 3.44. The van der Waals surface area contributed by atoms with Crippen molar-refractivity contribution in [2.24, 2.45) is 0 Å². The number of rotatable bonds is 1. The van der Waals surface area contributed by atoms with Crippen molar-refractivity contribution >= 4 is 17.4 Å². The largest absolute Gasteiger partial charge is 0.335 e. The predicted molar refractivity (Wildman–Crippen MR) is 64.7 cm³/mol. The summed E-state index contributed by atoms with van der Waals surface area (Å²) in [6.07, 6.45) is 3.31. The van der Waals surface area contributed by atoms with Gasteiger partial charge in [-0.2, -0.15) is 0 Å². The molecular weight excluding hydrogens is 220 g/mol. The lowest BCUT2D eigenvalue weighted by Gasteiger charge is -2.33. The SMILES string of the molecule is CC1c2ccsc2CCN1C(=O)NC1CC1. The molecule has 1 fully saturated rings. The Bertz CT molecular complexity index is 411. The maximum atomic E-state index is 12.0.